The summed E-state index contributed by atoms with van der Waals surface area (Å²) in [6, 6.07) is 11.6. The maximum atomic E-state index is 6.03. The van der Waals surface area contributed by atoms with E-state index in [2.05, 4.69) is 9.98 Å². The lowest BCUT2D eigenvalue weighted by Gasteiger charge is -2.13. The summed E-state index contributed by atoms with van der Waals surface area (Å²) in [4.78, 5) is 10.2. The van der Waals surface area contributed by atoms with Gasteiger partial charge in [-0.1, -0.05) is 53.0 Å². The van der Waals surface area contributed by atoms with Crippen LogP contribution >= 0.6 is 46.1 Å². The number of fused-ring (bicyclic) bond motifs is 1. The molecule has 102 valence electrons. The Morgan fingerprint density at radius 2 is 1.65 bits per heavy atom. The molecule has 0 fully saturated rings. The SMILES string of the molecule is ClC(Cl)(Cl)C1=Nc2ccccc2N=C(c2cccs2)C1. The molecule has 2 heterocycles. The Morgan fingerprint density at radius 3 is 2.25 bits per heavy atom. The van der Waals surface area contributed by atoms with E-state index in [1.54, 1.807) is 11.3 Å². The monoisotopic (exact) mass is 342 g/mol. The minimum atomic E-state index is -1.53. The number of alkyl halides is 3. The van der Waals surface area contributed by atoms with Gasteiger partial charge in [-0.2, -0.15) is 0 Å². The third-order valence-corrected chi connectivity index (χ3v) is 4.43. The Balaban J connectivity index is 2.16. The summed E-state index contributed by atoms with van der Waals surface area (Å²) in [5, 5.41) is 2.00. The average molecular weight is 344 g/mol. The molecular formula is C14H9Cl3N2S. The Bertz CT molecular complexity index is 685. The molecule has 0 N–H and O–H groups in total. The molecule has 6 heteroatoms. The van der Waals surface area contributed by atoms with Crippen LogP contribution in [0.1, 0.15) is 11.3 Å². The van der Waals surface area contributed by atoms with Gasteiger partial charge >= 0.3 is 0 Å². The first-order chi connectivity index (χ1) is 9.54. The van der Waals surface area contributed by atoms with Gasteiger partial charge in [0.1, 0.15) is 0 Å². The van der Waals surface area contributed by atoms with Crippen LogP contribution in [0.3, 0.4) is 0 Å². The van der Waals surface area contributed by atoms with Gasteiger partial charge < -0.3 is 0 Å². The molecule has 3 rings (SSSR count). The predicted molar refractivity (Wildman–Crippen MR) is 89.0 cm³/mol. The highest BCUT2D eigenvalue weighted by molar-refractivity contribution is 7.12. The van der Waals surface area contributed by atoms with Gasteiger partial charge in [0.2, 0.25) is 3.79 Å². The Kier molecular flexibility index (Phi) is 3.87. The highest BCUT2D eigenvalue weighted by Crippen LogP contribution is 2.38. The third-order valence-electron chi connectivity index (χ3n) is 2.86. The van der Waals surface area contributed by atoms with Gasteiger partial charge in [-0.25, -0.2) is 4.99 Å². The third kappa shape index (κ3) is 2.91. The first-order valence-corrected chi connectivity index (χ1v) is 7.90. The van der Waals surface area contributed by atoms with Crippen LogP contribution in [0.25, 0.3) is 0 Å². The number of para-hydroxylation sites is 2. The van der Waals surface area contributed by atoms with Crippen molar-refractivity contribution in [2.45, 2.75) is 10.2 Å². The number of rotatable bonds is 1. The van der Waals surface area contributed by atoms with Crippen molar-refractivity contribution in [1.29, 1.82) is 0 Å². The zero-order valence-corrected chi connectivity index (χ0v) is 13.3. The predicted octanol–water partition coefficient (Wildman–Crippen LogP) is 5.72. The fourth-order valence-electron chi connectivity index (χ4n) is 1.93. The van der Waals surface area contributed by atoms with Gasteiger partial charge in [-0.15, -0.1) is 11.3 Å². The van der Waals surface area contributed by atoms with E-state index >= 15 is 0 Å². The van der Waals surface area contributed by atoms with E-state index in [1.807, 2.05) is 41.8 Å². The normalized spacial score (nSPS) is 15.2. The number of halogens is 3. The Hall–Kier alpha value is -0.870. The second-order valence-electron chi connectivity index (χ2n) is 4.26. The largest absolute Gasteiger partial charge is 0.251 e. The molecule has 0 saturated carbocycles. The molecule has 2 aromatic rings. The fraction of sp³-hybridized carbons (Fsp3) is 0.143. The molecule has 1 aliphatic rings. The molecule has 2 nitrogen and oxygen atoms in total. The topological polar surface area (TPSA) is 24.7 Å². The average Bonchev–Trinajstić information content (AvgIpc) is 2.84. The van der Waals surface area contributed by atoms with Crippen LogP contribution in [0.5, 0.6) is 0 Å². The van der Waals surface area contributed by atoms with Crippen molar-refractivity contribution in [2.24, 2.45) is 9.98 Å². The van der Waals surface area contributed by atoms with Gasteiger partial charge in [-0.05, 0) is 23.6 Å². The molecule has 0 saturated heterocycles. The van der Waals surface area contributed by atoms with Crippen molar-refractivity contribution in [1.82, 2.24) is 0 Å². The van der Waals surface area contributed by atoms with E-state index in [0.29, 0.717) is 12.1 Å². The van der Waals surface area contributed by atoms with Crippen LogP contribution in [0, 0.1) is 0 Å². The van der Waals surface area contributed by atoms with E-state index in [-0.39, 0.29) is 0 Å². The Labute approximate surface area is 135 Å². The van der Waals surface area contributed by atoms with E-state index in [0.717, 1.165) is 22.0 Å². The molecule has 1 aliphatic heterocycles. The van der Waals surface area contributed by atoms with Crippen LogP contribution in [0.2, 0.25) is 0 Å². The highest BCUT2D eigenvalue weighted by Gasteiger charge is 2.31. The van der Waals surface area contributed by atoms with Crippen LogP contribution in [0.15, 0.2) is 51.8 Å². The van der Waals surface area contributed by atoms with Crippen molar-refractivity contribution < 1.29 is 0 Å². The van der Waals surface area contributed by atoms with Crippen molar-refractivity contribution >= 4 is 68.9 Å². The quantitative estimate of drug-likeness (QED) is 0.592. The zero-order valence-electron chi connectivity index (χ0n) is 10.2. The second-order valence-corrected chi connectivity index (χ2v) is 7.49. The summed E-state index contributed by atoms with van der Waals surface area (Å²) >= 11 is 19.7. The first kappa shape index (κ1) is 14.1. The number of aliphatic imine (C=N–C) groups is 2. The van der Waals surface area contributed by atoms with Gasteiger partial charge in [0.25, 0.3) is 0 Å². The molecule has 0 amide bonds. The molecular weight excluding hydrogens is 335 g/mol. The number of nitrogens with zero attached hydrogens (tertiary/aromatic N) is 2. The van der Waals surface area contributed by atoms with Gasteiger partial charge in [0.05, 0.1) is 22.8 Å². The van der Waals surface area contributed by atoms with Gasteiger partial charge in [0, 0.05) is 11.3 Å². The summed E-state index contributed by atoms with van der Waals surface area (Å²) in [5.41, 5.74) is 2.87. The van der Waals surface area contributed by atoms with E-state index in [4.69, 9.17) is 34.8 Å². The van der Waals surface area contributed by atoms with Gasteiger partial charge in [0.15, 0.2) is 0 Å². The minimum absolute atomic E-state index is 0.422. The lowest BCUT2D eigenvalue weighted by molar-refractivity contribution is 1.37. The smallest absolute Gasteiger partial charge is 0.229 e. The summed E-state index contributed by atoms with van der Waals surface area (Å²) in [5.74, 6) is 0. The number of benzene rings is 1. The van der Waals surface area contributed by atoms with Crippen molar-refractivity contribution in [2.75, 3.05) is 0 Å². The molecule has 1 aromatic carbocycles. The van der Waals surface area contributed by atoms with E-state index < -0.39 is 3.79 Å². The maximum absolute atomic E-state index is 6.03. The lowest BCUT2D eigenvalue weighted by Crippen LogP contribution is -2.22. The summed E-state index contributed by atoms with van der Waals surface area (Å²) in [6.07, 6.45) is 0.422. The summed E-state index contributed by atoms with van der Waals surface area (Å²) < 4.78 is -1.53. The molecule has 0 aliphatic carbocycles. The molecule has 20 heavy (non-hydrogen) atoms. The zero-order chi connectivity index (χ0) is 14.2. The number of hydrogen-bond donors (Lipinski definition) is 0. The van der Waals surface area contributed by atoms with Gasteiger partial charge in [-0.3, -0.25) is 4.99 Å². The van der Waals surface area contributed by atoms with E-state index in [9.17, 15) is 0 Å². The standard InChI is InChI=1S/C14H9Cl3N2S/c15-14(16,17)13-8-11(12-6-3-7-20-12)18-9-4-1-2-5-10(9)19-13/h1-7H,8H2. The minimum Gasteiger partial charge on any atom is -0.251 e. The number of hydrogen-bond acceptors (Lipinski definition) is 3. The van der Waals surface area contributed by atoms with Crippen molar-refractivity contribution in [3.05, 3.63) is 46.7 Å². The second kappa shape index (κ2) is 5.49. The molecule has 0 atom stereocenters. The molecule has 0 radical (unpaired) electrons. The van der Waals surface area contributed by atoms with E-state index in [1.165, 1.54) is 0 Å². The van der Waals surface area contributed by atoms with Crippen LogP contribution in [-0.2, 0) is 0 Å². The highest BCUT2D eigenvalue weighted by atomic mass is 35.6. The maximum Gasteiger partial charge on any atom is 0.229 e. The Morgan fingerprint density at radius 1 is 0.950 bits per heavy atom. The molecule has 0 bridgehead atoms. The van der Waals surface area contributed by atoms with Crippen molar-refractivity contribution in [3.63, 3.8) is 0 Å². The first-order valence-electron chi connectivity index (χ1n) is 5.89. The summed E-state index contributed by atoms with van der Waals surface area (Å²) in [7, 11) is 0. The fourth-order valence-corrected chi connectivity index (χ4v) is 2.97. The van der Waals surface area contributed by atoms with Crippen LogP contribution in [0.4, 0.5) is 11.4 Å². The molecule has 0 unspecified atom stereocenters. The van der Waals surface area contributed by atoms with Crippen molar-refractivity contribution in [3.8, 4) is 0 Å². The lowest BCUT2D eigenvalue weighted by atomic mass is 10.1. The summed E-state index contributed by atoms with van der Waals surface area (Å²) in [6.45, 7) is 0. The van der Waals surface area contributed by atoms with Crippen LogP contribution < -0.4 is 0 Å². The molecule has 1 aromatic heterocycles. The number of thiophene rings is 1. The molecule has 0 spiro atoms. The van der Waals surface area contributed by atoms with Crippen LogP contribution in [-0.4, -0.2) is 15.2 Å².